The Kier molecular flexibility index (Phi) is 6.21. The van der Waals surface area contributed by atoms with E-state index in [0.717, 1.165) is 25.7 Å². The normalized spacial score (nSPS) is 12.4. The molecule has 124 valence electrons. The SMILES string of the molecule is CCCCCCn1c(S[C@@H](C)C(N)=O)nc2ccccc2c1=O. The molecule has 6 heteroatoms. The largest absolute Gasteiger partial charge is 0.369 e. The molecule has 1 aromatic heterocycles. The van der Waals surface area contributed by atoms with Crippen molar-refractivity contribution >= 4 is 28.6 Å². The van der Waals surface area contributed by atoms with Crippen molar-refractivity contribution in [2.24, 2.45) is 5.73 Å². The van der Waals surface area contributed by atoms with Gasteiger partial charge in [0.15, 0.2) is 5.16 Å². The predicted octanol–water partition coefficient (Wildman–Crippen LogP) is 2.94. The van der Waals surface area contributed by atoms with Gasteiger partial charge in [-0.1, -0.05) is 50.1 Å². The van der Waals surface area contributed by atoms with Gasteiger partial charge >= 0.3 is 0 Å². The molecular formula is C17H23N3O2S. The highest BCUT2D eigenvalue weighted by Gasteiger charge is 2.17. The van der Waals surface area contributed by atoms with E-state index in [9.17, 15) is 9.59 Å². The molecule has 0 aliphatic heterocycles. The zero-order chi connectivity index (χ0) is 16.8. The van der Waals surface area contributed by atoms with Crippen LogP contribution in [-0.2, 0) is 11.3 Å². The van der Waals surface area contributed by atoms with E-state index in [1.165, 1.54) is 11.8 Å². The molecule has 1 atom stereocenters. The number of fused-ring (bicyclic) bond motifs is 1. The number of unbranched alkanes of at least 4 members (excludes halogenated alkanes) is 3. The van der Waals surface area contributed by atoms with Crippen molar-refractivity contribution in [3.63, 3.8) is 0 Å². The average Bonchev–Trinajstić information content (AvgIpc) is 2.53. The Morgan fingerprint density at radius 3 is 2.74 bits per heavy atom. The first kappa shape index (κ1) is 17.5. The first-order valence-electron chi connectivity index (χ1n) is 8.00. The van der Waals surface area contributed by atoms with Crippen molar-refractivity contribution in [1.29, 1.82) is 0 Å². The van der Waals surface area contributed by atoms with Gasteiger partial charge in [0.05, 0.1) is 16.2 Å². The minimum atomic E-state index is -0.426. The van der Waals surface area contributed by atoms with E-state index < -0.39 is 11.2 Å². The highest BCUT2D eigenvalue weighted by atomic mass is 32.2. The highest BCUT2D eigenvalue weighted by molar-refractivity contribution is 8.00. The second kappa shape index (κ2) is 8.15. The number of para-hydroxylation sites is 1. The van der Waals surface area contributed by atoms with E-state index in [-0.39, 0.29) is 5.56 Å². The fourth-order valence-electron chi connectivity index (χ4n) is 2.35. The third-order valence-electron chi connectivity index (χ3n) is 3.74. The maximum Gasteiger partial charge on any atom is 0.262 e. The fraction of sp³-hybridized carbons (Fsp3) is 0.471. The second-order valence-corrected chi connectivity index (χ2v) is 6.90. The number of aromatic nitrogens is 2. The summed E-state index contributed by atoms with van der Waals surface area (Å²) in [6.07, 6.45) is 4.29. The van der Waals surface area contributed by atoms with Crippen molar-refractivity contribution in [3.8, 4) is 0 Å². The third kappa shape index (κ3) is 4.34. The number of nitrogens with two attached hydrogens (primary N) is 1. The summed E-state index contributed by atoms with van der Waals surface area (Å²) >= 11 is 1.25. The van der Waals surface area contributed by atoms with Gasteiger partial charge in [-0.25, -0.2) is 4.98 Å². The van der Waals surface area contributed by atoms with Crippen molar-refractivity contribution in [1.82, 2.24) is 9.55 Å². The van der Waals surface area contributed by atoms with E-state index in [1.54, 1.807) is 17.6 Å². The zero-order valence-electron chi connectivity index (χ0n) is 13.6. The summed E-state index contributed by atoms with van der Waals surface area (Å²) in [6.45, 7) is 4.50. The van der Waals surface area contributed by atoms with Crippen LogP contribution in [0, 0.1) is 0 Å². The van der Waals surface area contributed by atoms with Gasteiger partial charge in [-0.3, -0.25) is 14.2 Å². The van der Waals surface area contributed by atoms with Gasteiger partial charge in [-0.2, -0.15) is 0 Å². The van der Waals surface area contributed by atoms with E-state index >= 15 is 0 Å². The molecule has 1 amide bonds. The molecule has 0 fully saturated rings. The number of carbonyl (C=O) groups excluding carboxylic acids is 1. The Morgan fingerprint density at radius 1 is 1.30 bits per heavy atom. The number of amides is 1. The van der Waals surface area contributed by atoms with Crippen LogP contribution in [0.1, 0.15) is 39.5 Å². The molecule has 0 aliphatic rings. The van der Waals surface area contributed by atoms with E-state index in [1.807, 2.05) is 18.2 Å². The molecule has 0 radical (unpaired) electrons. The smallest absolute Gasteiger partial charge is 0.262 e. The van der Waals surface area contributed by atoms with Crippen LogP contribution in [0.25, 0.3) is 10.9 Å². The van der Waals surface area contributed by atoms with Gasteiger partial charge in [0, 0.05) is 6.54 Å². The minimum absolute atomic E-state index is 0.0498. The molecule has 1 heterocycles. The Balaban J connectivity index is 2.40. The lowest BCUT2D eigenvalue weighted by Gasteiger charge is -2.14. The molecule has 2 N–H and O–H groups in total. The van der Waals surface area contributed by atoms with Crippen molar-refractivity contribution in [2.45, 2.75) is 56.5 Å². The predicted molar refractivity (Wildman–Crippen MR) is 94.7 cm³/mol. The van der Waals surface area contributed by atoms with Gasteiger partial charge in [0.1, 0.15) is 0 Å². The third-order valence-corrected chi connectivity index (χ3v) is 4.85. The molecule has 0 bridgehead atoms. The first-order valence-corrected chi connectivity index (χ1v) is 8.88. The molecule has 2 aromatic rings. The molecule has 0 spiro atoms. The standard InChI is InChI=1S/C17H23N3O2S/c1-3-4-5-8-11-20-16(22)13-9-6-7-10-14(13)19-17(20)23-12(2)15(18)21/h6-7,9-10,12H,3-5,8,11H2,1-2H3,(H2,18,21)/t12-/m0/s1. The number of thioether (sulfide) groups is 1. The van der Waals surface area contributed by atoms with E-state index in [4.69, 9.17) is 5.73 Å². The van der Waals surface area contributed by atoms with Crippen LogP contribution in [0.5, 0.6) is 0 Å². The Hall–Kier alpha value is -1.82. The average molecular weight is 333 g/mol. The molecule has 23 heavy (non-hydrogen) atoms. The Morgan fingerprint density at radius 2 is 2.04 bits per heavy atom. The highest BCUT2D eigenvalue weighted by Crippen LogP contribution is 2.22. The summed E-state index contributed by atoms with van der Waals surface area (Å²) in [4.78, 5) is 28.7. The van der Waals surface area contributed by atoms with Gasteiger partial charge in [0.25, 0.3) is 5.56 Å². The number of carbonyl (C=O) groups is 1. The van der Waals surface area contributed by atoms with Gasteiger partial charge in [0.2, 0.25) is 5.91 Å². The van der Waals surface area contributed by atoms with Crippen LogP contribution in [-0.4, -0.2) is 20.7 Å². The lowest BCUT2D eigenvalue weighted by molar-refractivity contribution is -0.117. The summed E-state index contributed by atoms with van der Waals surface area (Å²) in [7, 11) is 0. The minimum Gasteiger partial charge on any atom is -0.369 e. The zero-order valence-corrected chi connectivity index (χ0v) is 14.4. The second-order valence-electron chi connectivity index (χ2n) is 5.59. The van der Waals surface area contributed by atoms with Crippen molar-refractivity contribution in [2.75, 3.05) is 0 Å². The number of rotatable bonds is 8. The molecule has 0 unspecified atom stereocenters. The molecule has 2 rings (SSSR count). The van der Waals surface area contributed by atoms with Crippen LogP contribution >= 0.6 is 11.8 Å². The molecule has 0 saturated carbocycles. The lowest BCUT2D eigenvalue weighted by atomic mass is 10.2. The van der Waals surface area contributed by atoms with E-state index in [0.29, 0.717) is 22.6 Å². The monoisotopic (exact) mass is 333 g/mol. The summed E-state index contributed by atoms with van der Waals surface area (Å²) in [5.41, 5.74) is 5.95. The van der Waals surface area contributed by atoms with Crippen molar-refractivity contribution in [3.05, 3.63) is 34.6 Å². The van der Waals surface area contributed by atoms with Crippen LogP contribution in [0.15, 0.2) is 34.2 Å². The summed E-state index contributed by atoms with van der Waals surface area (Å²) in [6, 6.07) is 7.30. The van der Waals surface area contributed by atoms with Gasteiger partial charge < -0.3 is 5.73 Å². The van der Waals surface area contributed by atoms with Gasteiger partial charge in [-0.15, -0.1) is 0 Å². The number of nitrogens with zero attached hydrogens (tertiary/aromatic N) is 2. The van der Waals surface area contributed by atoms with Crippen LogP contribution in [0.3, 0.4) is 0 Å². The quantitative estimate of drug-likeness (QED) is 0.458. The summed E-state index contributed by atoms with van der Waals surface area (Å²) < 4.78 is 1.68. The topological polar surface area (TPSA) is 78.0 Å². The van der Waals surface area contributed by atoms with Crippen LogP contribution < -0.4 is 11.3 Å². The summed E-state index contributed by atoms with van der Waals surface area (Å²) in [5.74, 6) is -0.407. The number of benzene rings is 1. The lowest BCUT2D eigenvalue weighted by Crippen LogP contribution is -2.27. The van der Waals surface area contributed by atoms with Gasteiger partial charge in [-0.05, 0) is 25.5 Å². The van der Waals surface area contributed by atoms with Crippen molar-refractivity contribution < 1.29 is 4.79 Å². The molecular weight excluding hydrogens is 310 g/mol. The maximum atomic E-state index is 12.8. The summed E-state index contributed by atoms with van der Waals surface area (Å²) in [5, 5.41) is 0.750. The Labute approximate surface area is 140 Å². The first-order chi connectivity index (χ1) is 11.0. The van der Waals surface area contributed by atoms with Crippen LogP contribution in [0.2, 0.25) is 0 Å². The molecule has 1 aromatic carbocycles. The molecule has 0 saturated heterocycles. The van der Waals surface area contributed by atoms with E-state index in [2.05, 4.69) is 11.9 Å². The maximum absolute atomic E-state index is 12.8. The molecule has 5 nitrogen and oxygen atoms in total. The number of primary amides is 1. The number of hydrogen-bond donors (Lipinski definition) is 1. The van der Waals surface area contributed by atoms with Crippen LogP contribution in [0.4, 0.5) is 0 Å². The Bertz CT molecular complexity index is 742. The number of hydrogen-bond acceptors (Lipinski definition) is 4. The molecule has 0 aliphatic carbocycles. The fourth-order valence-corrected chi connectivity index (χ4v) is 3.23.